The number of carbonyl (C=O) groups is 1. The van der Waals surface area contributed by atoms with Gasteiger partial charge in [0.25, 0.3) is 0 Å². The monoisotopic (exact) mass is 472 g/mol. The van der Waals surface area contributed by atoms with Gasteiger partial charge in [-0.2, -0.15) is 0 Å². The minimum atomic E-state index is -3.36. The van der Waals surface area contributed by atoms with Gasteiger partial charge in [-0.15, -0.1) is 11.6 Å². The number of carbonyl (C=O) groups excluding carboxylic acids is 1. The first-order valence-electron chi connectivity index (χ1n) is 10.9. The van der Waals surface area contributed by atoms with Crippen LogP contribution in [0.5, 0.6) is 0 Å². The quantitative estimate of drug-likeness (QED) is 0.570. The van der Waals surface area contributed by atoms with Crippen molar-refractivity contribution >= 4 is 38.9 Å². The Morgan fingerprint density at radius 3 is 2.13 bits per heavy atom. The van der Waals surface area contributed by atoms with Gasteiger partial charge in [0.2, 0.25) is 15.9 Å². The number of nitrogens with zero attached hydrogens (tertiary/aromatic N) is 1. The molecule has 1 saturated carbocycles. The number of hydrogen-bond acceptors (Lipinski definition) is 5. The SMILES string of the molecule is CC(C)(C)S(=O)(=O)NC1CCC(C(=O)Nc2ccc(N3CCC(N)C3)cc2)CC1.CCl. The van der Waals surface area contributed by atoms with E-state index in [1.54, 1.807) is 20.8 Å². The molecule has 1 saturated heterocycles. The van der Waals surface area contributed by atoms with E-state index in [1.165, 1.54) is 6.38 Å². The molecule has 1 unspecified atom stereocenters. The molecule has 0 radical (unpaired) electrons. The third-order valence-electron chi connectivity index (χ3n) is 5.95. The number of nitrogens with two attached hydrogens (primary N) is 1. The topological polar surface area (TPSA) is 105 Å². The summed E-state index contributed by atoms with van der Waals surface area (Å²) in [6, 6.07) is 8.05. The van der Waals surface area contributed by atoms with E-state index in [-0.39, 0.29) is 23.9 Å². The van der Waals surface area contributed by atoms with Crippen molar-refractivity contribution in [3.63, 3.8) is 0 Å². The first kappa shape index (κ1) is 25.9. The number of halogens is 1. The molecule has 176 valence electrons. The number of sulfonamides is 1. The molecular weight excluding hydrogens is 436 g/mol. The third-order valence-corrected chi connectivity index (χ3v) is 8.21. The van der Waals surface area contributed by atoms with E-state index >= 15 is 0 Å². The average molecular weight is 473 g/mol. The summed E-state index contributed by atoms with van der Waals surface area (Å²) in [4.78, 5) is 14.9. The van der Waals surface area contributed by atoms with Gasteiger partial charge in [0.15, 0.2) is 0 Å². The normalized spacial score (nSPS) is 24.3. The van der Waals surface area contributed by atoms with Crippen molar-refractivity contribution in [2.45, 2.75) is 69.7 Å². The molecule has 9 heteroatoms. The Labute approximate surface area is 192 Å². The fourth-order valence-electron chi connectivity index (χ4n) is 3.89. The Kier molecular flexibility index (Phi) is 9.18. The summed E-state index contributed by atoms with van der Waals surface area (Å²) in [6.07, 6.45) is 5.22. The molecule has 0 spiro atoms. The minimum absolute atomic E-state index is 0.0121. The number of benzene rings is 1. The van der Waals surface area contributed by atoms with E-state index in [9.17, 15) is 13.2 Å². The zero-order chi connectivity index (χ0) is 23.2. The van der Waals surface area contributed by atoms with Gasteiger partial charge < -0.3 is 16.0 Å². The van der Waals surface area contributed by atoms with Crippen molar-refractivity contribution in [2.75, 3.05) is 29.7 Å². The third kappa shape index (κ3) is 7.07. The van der Waals surface area contributed by atoms with Crippen LogP contribution in [-0.2, 0) is 14.8 Å². The first-order valence-corrected chi connectivity index (χ1v) is 13.1. The lowest BCUT2D eigenvalue weighted by Crippen LogP contribution is -2.46. The molecule has 0 bridgehead atoms. The van der Waals surface area contributed by atoms with E-state index < -0.39 is 14.8 Å². The molecule has 1 amide bonds. The van der Waals surface area contributed by atoms with Gasteiger partial charge in [-0.05, 0) is 77.1 Å². The van der Waals surface area contributed by atoms with Crippen molar-refractivity contribution < 1.29 is 13.2 Å². The van der Waals surface area contributed by atoms with E-state index in [0.717, 1.165) is 30.9 Å². The molecule has 4 N–H and O–H groups in total. The summed E-state index contributed by atoms with van der Waals surface area (Å²) in [5, 5.41) is 3.00. The summed E-state index contributed by atoms with van der Waals surface area (Å²) in [6.45, 7) is 6.91. The van der Waals surface area contributed by atoms with Crippen LogP contribution in [0.15, 0.2) is 24.3 Å². The molecule has 2 aliphatic rings. The van der Waals surface area contributed by atoms with E-state index in [1.807, 2.05) is 24.3 Å². The zero-order valence-electron chi connectivity index (χ0n) is 19.0. The van der Waals surface area contributed by atoms with Crippen LogP contribution in [0.1, 0.15) is 52.9 Å². The van der Waals surface area contributed by atoms with Gasteiger partial charge in [-0.1, -0.05) is 0 Å². The van der Waals surface area contributed by atoms with E-state index in [2.05, 4.69) is 26.5 Å². The number of nitrogens with one attached hydrogen (secondary N) is 2. The molecule has 1 atom stereocenters. The zero-order valence-corrected chi connectivity index (χ0v) is 20.6. The minimum Gasteiger partial charge on any atom is -0.370 e. The Hall–Kier alpha value is -1.35. The van der Waals surface area contributed by atoms with Crippen LogP contribution in [0.2, 0.25) is 0 Å². The molecule has 1 heterocycles. The van der Waals surface area contributed by atoms with Crippen LogP contribution in [-0.4, -0.2) is 50.6 Å². The highest BCUT2D eigenvalue weighted by molar-refractivity contribution is 7.90. The second-order valence-electron chi connectivity index (χ2n) is 9.31. The fourth-order valence-corrected chi connectivity index (χ4v) is 4.92. The number of amides is 1. The van der Waals surface area contributed by atoms with Gasteiger partial charge in [-0.25, -0.2) is 13.1 Å². The molecule has 1 aromatic carbocycles. The molecule has 0 aromatic heterocycles. The molecule has 7 nitrogen and oxygen atoms in total. The Morgan fingerprint density at radius 1 is 1.06 bits per heavy atom. The molecule has 1 aliphatic carbocycles. The molecular formula is C22H37ClN4O3S. The lowest BCUT2D eigenvalue weighted by Gasteiger charge is -2.30. The molecule has 31 heavy (non-hydrogen) atoms. The van der Waals surface area contributed by atoms with Crippen molar-refractivity contribution in [1.82, 2.24) is 4.72 Å². The fraction of sp³-hybridized carbons (Fsp3) is 0.682. The smallest absolute Gasteiger partial charge is 0.227 e. The van der Waals surface area contributed by atoms with Gasteiger partial charge in [0.05, 0.1) is 4.75 Å². The lowest BCUT2D eigenvalue weighted by atomic mass is 9.86. The van der Waals surface area contributed by atoms with E-state index in [4.69, 9.17) is 5.73 Å². The van der Waals surface area contributed by atoms with Crippen LogP contribution in [0.25, 0.3) is 0 Å². The maximum Gasteiger partial charge on any atom is 0.227 e. The van der Waals surface area contributed by atoms with Crippen LogP contribution in [0, 0.1) is 5.92 Å². The van der Waals surface area contributed by atoms with Crippen molar-refractivity contribution in [3.05, 3.63) is 24.3 Å². The van der Waals surface area contributed by atoms with E-state index in [0.29, 0.717) is 25.7 Å². The van der Waals surface area contributed by atoms with Crippen molar-refractivity contribution in [1.29, 1.82) is 0 Å². The van der Waals surface area contributed by atoms with Crippen LogP contribution in [0.3, 0.4) is 0 Å². The Bertz CT molecular complexity index is 816. The average Bonchev–Trinajstić information content (AvgIpc) is 3.16. The molecule has 1 aliphatic heterocycles. The summed E-state index contributed by atoms with van der Waals surface area (Å²) in [7, 11) is -3.36. The maximum absolute atomic E-state index is 12.6. The highest BCUT2D eigenvalue weighted by Gasteiger charge is 2.34. The predicted molar refractivity (Wildman–Crippen MR) is 129 cm³/mol. The first-order chi connectivity index (χ1) is 14.5. The number of alkyl halides is 1. The largest absolute Gasteiger partial charge is 0.370 e. The number of hydrogen-bond donors (Lipinski definition) is 3. The predicted octanol–water partition coefficient (Wildman–Crippen LogP) is 3.29. The lowest BCUT2D eigenvalue weighted by molar-refractivity contribution is -0.120. The number of rotatable bonds is 5. The second-order valence-corrected chi connectivity index (χ2v) is 11.8. The van der Waals surface area contributed by atoms with Gasteiger partial charge >= 0.3 is 0 Å². The Balaban J connectivity index is 0.00000166. The van der Waals surface area contributed by atoms with Crippen LogP contribution < -0.4 is 20.7 Å². The van der Waals surface area contributed by atoms with Crippen LogP contribution >= 0.6 is 11.6 Å². The summed E-state index contributed by atoms with van der Waals surface area (Å²) in [5.74, 6) is -0.0697. The van der Waals surface area contributed by atoms with Crippen LogP contribution in [0.4, 0.5) is 11.4 Å². The Morgan fingerprint density at radius 2 is 1.65 bits per heavy atom. The summed E-state index contributed by atoms with van der Waals surface area (Å²) < 4.78 is 26.6. The summed E-state index contributed by atoms with van der Waals surface area (Å²) in [5.41, 5.74) is 7.89. The highest BCUT2D eigenvalue weighted by Crippen LogP contribution is 2.28. The maximum atomic E-state index is 12.6. The summed E-state index contributed by atoms with van der Waals surface area (Å²) >= 11 is 4.64. The molecule has 2 fully saturated rings. The highest BCUT2D eigenvalue weighted by atomic mass is 35.5. The number of anilines is 2. The van der Waals surface area contributed by atoms with Gasteiger partial charge in [0, 0.05) is 48.8 Å². The van der Waals surface area contributed by atoms with Gasteiger partial charge in [0.1, 0.15) is 0 Å². The van der Waals surface area contributed by atoms with Crippen molar-refractivity contribution in [3.8, 4) is 0 Å². The molecule has 3 rings (SSSR count). The second kappa shape index (κ2) is 11.0. The molecule has 1 aromatic rings. The van der Waals surface area contributed by atoms with Crippen molar-refractivity contribution in [2.24, 2.45) is 11.7 Å². The standard InChI is InChI=1S/C21H34N4O3S.CH3Cl/c1-21(2,3)29(27,28)24-18-6-4-15(5-7-18)20(26)23-17-8-10-19(11-9-17)25-13-12-16(22)14-25;1-2/h8-11,15-16,18,24H,4-7,12-14,22H2,1-3H3,(H,23,26);1H3. The van der Waals surface area contributed by atoms with Gasteiger partial charge in [-0.3, -0.25) is 4.79 Å².